The lowest BCUT2D eigenvalue weighted by molar-refractivity contribution is 0.562. The molecule has 4 aromatic carbocycles. The van der Waals surface area contributed by atoms with Crippen LogP contribution in [-0.2, 0) is 9.59 Å². The van der Waals surface area contributed by atoms with E-state index in [1.807, 2.05) is 146 Å². The molecule has 0 unspecified atom stereocenters. The van der Waals surface area contributed by atoms with Crippen LogP contribution in [0.4, 0.5) is 0 Å². The first-order chi connectivity index (χ1) is 16.2. The first kappa shape index (κ1) is 33.8. The third-order valence-electron chi connectivity index (χ3n) is 2.67. The molecule has 0 spiro atoms. The molecule has 2 N–H and O–H groups in total. The van der Waals surface area contributed by atoms with E-state index < -0.39 is 0 Å². The monoisotopic (exact) mass is 482 g/mol. The van der Waals surface area contributed by atoms with Gasteiger partial charge in [0.25, 0.3) is 0 Å². The molecule has 0 aromatic heterocycles. The summed E-state index contributed by atoms with van der Waals surface area (Å²) in [6.07, 6.45) is 1.50. The summed E-state index contributed by atoms with van der Waals surface area (Å²) in [7, 11) is 0. The van der Waals surface area contributed by atoms with E-state index in [9.17, 15) is 0 Å². The van der Waals surface area contributed by atoms with Crippen molar-refractivity contribution in [3.05, 3.63) is 146 Å². The van der Waals surface area contributed by atoms with Crippen molar-refractivity contribution in [2.24, 2.45) is 0 Å². The van der Waals surface area contributed by atoms with Crippen molar-refractivity contribution < 1.29 is 9.59 Å². The zero-order valence-corrected chi connectivity index (χ0v) is 19.6. The average Bonchev–Trinajstić information content (AvgIpc) is 2.91. The van der Waals surface area contributed by atoms with Gasteiger partial charge in [-0.15, -0.1) is 23.2 Å². The number of nitrogens with one attached hydrogen (secondary N) is 2. The van der Waals surface area contributed by atoms with Crippen LogP contribution in [0.5, 0.6) is 0 Å². The van der Waals surface area contributed by atoms with Crippen molar-refractivity contribution in [1.82, 2.24) is 0 Å². The molecule has 0 radical (unpaired) electrons. The van der Waals surface area contributed by atoms with Gasteiger partial charge >= 0.3 is 0 Å². The Hall–Kier alpha value is -3.78. The number of alkyl halides is 2. The van der Waals surface area contributed by atoms with Crippen LogP contribution in [0.2, 0.25) is 0 Å². The Bertz CT molecular complexity index is 610. The second kappa shape index (κ2) is 38.8. The lowest BCUT2D eigenvalue weighted by Crippen LogP contribution is -1.47. The van der Waals surface area contributed by atoms with Crippen molar-refractivity contribution in [1.29, 1.82) is 10.8 Å². The van der Waals surface area contributed by atoms with Gasteiger partial charge < -0.3 is 0 Å². The van der Waals surface area contributed by atoms with E-state index >= 15 is 0 Å². The number of rotatable bonds is 0. The summed E-state index contributed by atoms with van der Waals surface area (Å²) in [6, 6.07) is 48.0. The minimum atomic E-state index is 0.194. The average molecular weight is 483 g/mol. The molecule has 6 heteroatoms. The Morgan fingerprint density at radius 3 is 0.424 bits per heavy atom. The van der Waals surface area contributed by atoms with Gasteiger partial charge in [-0.3, -0.25) is 0 Å². The maximum Gasteiger partial charge on any atom is 0.231 e. The van der Waals surface area contributed by atoms with Crippen molar-refractivity contribution in [2.45, 2.75) is 0 Å². The molecule has 0 aliphatic heterocycles. The van der Waals surface area contributed by atoms with Crippen molar-refractivity contribution in [3.8, 4) is 0 Å². The molecule has 0 aliphatic rings. The molecule has 0 bridgehead atoms. The van der Waals surface area contributed by atoms with Gasteiger partial charge in [-0.1, -0.05) is 146 Å². The van der Waals surface area contributed by atoms with Gasteiger partial charge in [-0.2, -0.15) is 0 Å². The molecule has 0 atom stereocenters. The Morgan fingerprint density at radius 2 is 0.394 bits per heavy atom. The molecule has 0 fully saturated rings. The Labute approximate surface area is 206 Å². The lowest BCUT2D eigenvalue weighted by Gasteiger charge is -1.69. The normalized spacial score (nSPS) is 6.85. The zero-order valence-electron chi connectivity index (χ0n) is 18.1. The quantitative estimate of drug-likeness (QED) is 0.151. The highest BCUT2D eigenvalue weighted by atomic mass is 35.5. The predicted molar refractivity (Wildman–Crippen MR) is 139 cm³/mol. The van der Waals surface area contributed by atoms with Crippen LogP contribution in [0, 0.1) is 10.8 Å². The van der Waals surface area contributed by atoms with Crippen LogP contribution in [0.15, 0.2) is 146 Å². The van der Waals surface area contributed by atoms with Gasteiger partial charge in [0.05, 0.1) is 5.34 Å². The highest BCUT2D eigenvalue weighted by Gasteiger charge is 1.59. The Balaban J connectivity index is -0.000000327. The third-order valence-corrected chi connectivity index (χ3v) is 2.67. The molecule has 0 saturated heterocycles. The number of hydrogen-bond donors (Lipinski definition) is 2. The van der Waals surface area contributed by atoms with Gasteiger partial charge in [0, 0.05) is 0 Å². The van der Waals surface area contributed by atoms with Gasteiger partial charge in [-0.25, -0.2) is 20.4 Å². The number of hydrogen-bond acceptors (Lipinski definition) is 4. The topological polar surface area (TPSA) is 81.8 Å². The summed E-state index contributed by atoms with van der Waals surface area (Å²) in [5.41, 5.74) is 0. The second-order valence-electron chi connectivity index (χ2n) is 4.92. The Kier molecular flexibility index (Phi) is 39.8. The zero-order chi connectivity index (χ0) is 25.1. The van der Waals surface area contributed by atoms with Crippen LogP contribution in [0.25, 0.3) is 0 Å². The van der Waals surface area contributed by atoms with Crippen LogP contribution in [0.1, 0.15) is 0 Å². The molecule has 0 amide bonds. The predicted octanol–water partition coefficient (Wildman–Crippen LogP) is 7.97. The van der Waals surface area contributed by atoms with E-state index in [1.165, 1.54) is 0 Å². The second-order valence-corrected chi connectivity index (χ2v) is 5.73. The van der Waals surface area contributed by atoms with E-state index in [4.69, 9.17) is 43.6 Å². The van der Waals surface area contributed by atoms with Crippen molar-refractivity contribution in [3.63, 3.8) is 0 Å². The van der Waals surface area contributed by atoms with E-state index in [1.54, 1.807) is 0 Å². The molecule has 0 saturated carbocycles. The van der Waals surface area contributed by atoms with Crippen LogP contribution >= 0.6 is 23.2 Å². The summed E-state index contributed by atoms with van der Waals surface area (Å²) in [5.74, 6) is 0. The summed E-state index contributed by atoms with van der Waals surface area (Å²) < 4.78 is 0. The van der Waals surface area contributed by atoms with E-state index in [-0.39, 0.29) is 5.34 Å². The van der Waals surface area contributed by atoms with Gasteiger partial charge in [0.2, 0.25) is 12.2 Å². The third kappa shape index (κ3) is 47.5. The maximum absolute atomic E-state index is 8.35. The van der Waals surface area contributed by atoms with E-state index in [0.29, 0.717) is 0 Å². The van der Waals surface area contributed by atoms with Crippen LogP contribution in [-0.4, -0.2) is 17.5 Å². The largest absolute Gasteiger partial charge is 0.231 e. The first-order valence-corrected chi connectivity index (χ1v) is 10.5. The highest BCUT2D eigenvalue weighted by Crippen LogP contribution is 1.81. The molecule has 4 nitrogen and oxygen atoms in total. The van der Waals surface area contributed by atoms with Crippen LogP contribution in [0.3, 0.4) is 0 Å². The molecule has 4 aromatic rings. The molecule has 172 valence electrons. The summed E-state index contributed by atoms with van der Waals surface area (Å²) >= 11 is 9.53. The van der Waals surface area contributed by atoms with Gasteiger partial charge in [0.1, 0.15) is 0 Å². The fraction of sp³-hybridized carbons (Fsp3) is 0.0370. The molecule has 4 rings (SSSR count). The van der Waals surface area contributed by atoms with E-state index in [2.05, 4.69) is 0 Å². The lowest BCUT2D eigenvalue weighted by atomic mass is 10.4. The smallest absolute Gasteiger partial charge is 0.222 e. The minimum absolute atomic E-state index is 0.194. The SMILES string of the molecule is ClCCl.N=C=O.N=C=O.c1ccccc1.c1ccccc1.c1ccccc1.c1ccccc1. The number of carbonyl (C=O) groups excluding carboxylic acids is 2. The molecule has 0 aliphatic carbocycles. The van der Waals surface area contributed by atoms with Crippen molar-refractivity contribution >= 4 is 35.4 Å². The van der Waals surface area contributed by atoms with Gasteiger partial charge in [0.15, 0.2) is 0 Å². The highest BCUT2D eigenvalue weighted by molar-refractivity contribution is 6.40. The maximum atomic E-state index is 8.35. The molecule has 0 heterocycles. The molecular weight excluding hydrogens is 455 g/mol. The van der Waals surface area contributed by atoms with Crippen molar-refractivity contribution in [2.75, 3.05) is 5.34 Å². The minimum Gasteiger partial charge on any atom is -0.222 e. The molecular formula is C27H28Cl2N2O2. The van der Waals surface area contributed by atoms with Gasteiger partial charge in [-0.05, 0) is 0 Å². The van der Waals surface area contributed by atoms with Crippen LogP contribution < -0.4 is 0 Å². The fourth-order valence-corrected chi connectivity index (χ4v) is 1.54. The number of benzene rings is 4. The summed E-state index contributed by atoms with van der Waals surface area (Å²) in [5, 5.41) is 11.0. The summed E-state index contributed by atoms with van der Waals surface area (Å²) in [4.78, 5) is 16.7. The standard InChI is InChI=1S/4C6H6.CH2Cl2.2CHNO/c4*1-2-4-6-5-3-1;3*2-1-3/h4*1-6H;1H2;2*2H. The molecule has 33 heavy (non-hydrogen) atoms. The fourth-order valence-electron chi connectivity index (χ4n) is 1.54. The Morgan fingerprint density at radius 1 is 0.364 bits per heavy atom. The summed E-state index contributed by atoms with van der Waals surface area (Å²) in [6.45, 7) is 0. The number of isocyanates is 2. The first-order valence-electron chi connectivity index (χ1n) is 9.44. The number of halogens is 2. The van der Waals surface area contributed by atoms with E-state index in [0.717, 1.165) is 12.2 Å².